The van der Waals surface area contributed by atoms with Crippen LogP contribution in [0.1, 0.15) is 0 Å². The highest BCUT2D eigenvalue weighted by Crippen LogP contribution is 2.01. The summed E-state index contributed by atoms with van der Waals surface area (Å²) in [7, 11) is 1.85. The highest BCUT2D eigenvalue weighted by Gasteiger charge is 2.19. The first-order valence-corrected chi connectivity index (χ1v) is 4.79. The molecule has 0 atom stereocenters. The summed E-state index contributed by atoms with van der Waals surface area (Å²) in [6.45, 7) is 2.49. The second kappa shape index (κ2) is 3.52. The zero-order chi connectivity index (χ0) is 7.56. The van der Waals surface area contributed by atoms with E-state index in [1.54, 1.807) is 4.90 Å². The number of halogens is 1. The monoisotopic (exact) mass is 254 g/mol. The fourth-order valence-electron chi connectivity index (χ4n) is 0.909. The normalized spacial score (nSPS) is 21.8. The van der Waals surface area contributed by atoms with E-state index in [9.17, 15) is 4.79 Å². The molecular weight excluding hydrogens is 243 g/mol. The third-order valence-electron chi connectivity index (χ3n) is 1.71. The lowest BCUT2D eigenvalue weighted by molar-refractivity contribution is -0.133. The summed E-state index contributed by atoms with van der Waals surface area (Å²) in [5.74, 6) is 0.239. The van der Waals surface area contributed by atoms with Gasteiger partial charge < -0.3 is 4.90 Å². The molecule has 0 aromatic carbocycles. The van der Waals surface area contributed by atoms with Crippen molar-refractivity contribution in [3.8, 4) is 0 Å². The predicted molar refractivity (Wildman–Crippen MR) is 48.1 cm³/mol. The molecule has 1 aliphatic heterocycles. The molecule has 0 aromatic rings. The SMILES string of the molecule is CN1CCN(CI)CC1=O. The molecule has 0 radical (unpaired) electrons. The van der Waals surface area contributed by atoms with Crippen LogP contribution in [-0.4, -0.2) is 46.9 Å². The Morgan fingerprint density at radius 2 is 2.30 bits per heavy atom. The molecule has 4 heteroatoms. The molecule has 1 saturated heterocycles. The van der Waals surface area contributed by atoms with Gasteiger partial charge in [0.05, 0.1) is 11.1 Å². The van der Waals surface area contributed by atoms with Crippen molar-refractivity contribution in [3.05, 3.63) is 0 Å². The number of nitrogens with zero attached hydrogens (tertiary/aromatic N) is 2. The van der Waals surface area contributed by atoms with Crippen LogP contribution in [0.25, 0.3) is 0 Å². The maximum absolute atomic E-state index is 11.0. The second-order valence-corrected chi connectivity index (χ2v) is 3.17. The fourth-order valence-corrected chi connectivity index (χ4v) is 1.49. The van der Waals surface area contributed by atoms with Gasteiger partial charge in [0.2, 0.25) is 5.91 Å². The maximum Gasteiger partial charge on any atom is 0.236 e. The number of carbonyl (C=O) groups excluding carboxylic acids is 1. The van der Waals surface area contributed by atoms with Gasteiger partial charge in [-0.05, 0) is 0 Å². The molecule has 1 aliphatic rings. The smallest absolute Gasteiger partial charge is 0.236 e. The van der Waals surface area contributed by atoms with Crippen molar-refractivity contribution >= 4 is 28.5 Å². The maximum atomic E-state index is 11.0. The molecule has 0 N–H and O–H groups in total. The Hall–Kier alpha value is 0.160. The Morgan fingerprint density at radius 1 is 1.60 bits per heavy atom. The van der Waals surface area contributed by atoms with Crippen molar-refractivity contribution in [1.82, 2.24) is 9.80 Å². The first-order valence-electron chi connectivity index (χ1n) is 3.26. The molecule has 0 aromatic heterocycles. The van der Waals surface area contributed by atoms with Gasteiger partial charge in [-0.15, -0.1) is 0 Å². The van der Waals surface area contributed by atoms with Crippen molar-refractivity contribution in [2.24, 2.45) is 0 Å². The minimum absolute atomic E-state index is 0.239. The molecule has 0 spiro atoms. The highest BCUT2D eigenvalue weighted by atomic mass is 127. The van der Waals surface area contributed by atoms with Crippen molar-refractivity contribution in [2.45, 2.75) is 0 Å². The van der Waals surface area contributed by atoms with Gasteiger partial charge in [0.1, 0.15) is 0 Å². The summed E-state index contributed by atoms with van der Waals surface area (Å²) in [6, 6.07) is 0. The molecule has 1 heterocycles. The van der Waals surface area contributed by atoms with Crippen LogP contribution in [0.3, 0.4) is 0 Å². The lowest BCUT2D eigenvalue weighted by Crippen LogP contribution is -2.47. The molecule has 58 valence electrons. The van der Waals surface area contributed by atoms with Gasteiger partial charge in [0.25, 0.3) is 0 Å². The summed E-state index contributed by atoms with van der Waals surface area (Å²) < 4.78 is 0.956. The summed E-state index contributed by atoms with van der Waals surface area (Å²) >= 11 is 2.28. The summed E-state index contributed by atoms with van der Waals surface area (Å²) in [6.07, 6.45) is 0. The average Bonchev–Trinajstić information content (AvgIpc) is 1.95. The van der Waals surface area contributed by atoms with E-state index in [0.717, 1.165) is 17.6 Å². The van der Waals surface area contributed by atoms with Gasteiger partial charge in [-0.25, -0.2) is 0 Å². The quantitative estimate of drug-likeness (QED) is 0.378. The fraction of sp³-hybridized carbons (Fsp3) is 0.833. The largest absolute Gasteiger partial charge is 0.343 e. The Balaban J connectivity index is 2.41. The number of likely N-dealkylation sites (N-methyl/N-ethyl adjacent to an activating group) is 1. The molecule has 0 saturated carbocycles. The Bertz CT molecular complexity index is 140. The average molecular weight is 254 g/mol. The zero-order valence-electron chi connectivity index (χ0n) is 6.01. The van der Waals surface area contributed by atoms with Crippen LogP contribution >= 0.6 is 22.6 Å². The second-order valence-electron chi connectivity index (χ2n) is 2.49. The summed E-state index contributed by atoms with van der Waals surface area (Å²) in [5, 5.41) is 0. The zero-order valence-corrected chi connectivity index (χ0v) is 8.17. The van der Waals surface area contributed by atoms with Crippen molar-refractivity contribution in [2.75, 3.05) is 31.2 Å². The van der Waals surface area contributed by atoms with Crippen LogP contribution in [0.5, 0.6) is 0 Å². The Labute approximate surface area is 74.5 Å². The summed E-state index contributed by atoms with van der Waals surface area (Å²) in [4.78, 5) is 15.0. The van der Waals surface area contributed by atoms with E-state index < -0.39 is 0 Å². The Kier molecular flexibility index (Phi) is 2.91. The topological polar surface area (TPSA) is 23.6 Å². The number of hydrogen-bond donors (Lipinski definition) is 0. The number of alkyl halides is 1. The number of hydrogen-bond acceptors (Lipinski definition) is 2. The van der Waals surface area contributed by atoms with E-state index in [4.69, 9.17) is 0 Å². The first kappa shape index (κ1) is 8.26. The standard InChI is InChI=1S/C6H11IN2O/c1-8-2-3-9(5-7)4-6(8)10/h2-5H2,1H3. The van der Waals surface area contributed by atoms with Gasteiger partial charge in [0, 0.05) is 20.1 Å². The van der Waals surface area contributed by atoms with E-state index in [1.807, 2.05) is 7.05 Å². The van der Waals surface area contributed by atoms with Gasteiger partial charge in [-0.3, -0.25) is 9.69 Å². The molecule has 1 fully saturated rings. The van der Waals surface area contributed by atoms with E-state index in [-0.39, 0.29) is 5.91 Å². The highest BCUT2D eigenvalue weighted by molar-refractivity contribution is 14.1. The number of amides is 1. The van der Waals surface area contributed by atoms with E-state index >= 15 is 0 Å². The van der Waals surface area contributed by atoms with Crippen molar-refractivity contribution in [1.29, 1.82) is 0 Å². The molecule has 3 nitrogen and oxygen atoms in total. The third-order valence-corrected chi connectivity index (χ3v) is 2.67. The van der Waals surface area contributed by atoms with E-state index in [0.29, 0.717) is 6.54 Å². The number of piperazine rings is 1. The van der Waals surface area contributed by atoms with Crippen LogP contribution in [0.4, 0.5) is 0 Å². The molecule has 10 heavy (non-hydrogen) atoms. The molecule has 0 unspecified atom stereocenters. The van der Waals surface area contributed by atoms with Gasteiger partial charge in [-0.2, -0.15) is 0 Å². The lowest BCUT2D eigenvalue weighted by atomic mass is 10.3. The van der Waals surface area contributed by atoms with Crippen molar-refractivity contribution in [3.63, 3.8) is 0 Å². The van der Waals surface area contributed by atoms with Crippen LogP contribution in [0, 0.1) is 0 Å². The number of rotatable bonds is 1. The molecule has 0 aliphatic carbocycles. The predicted octanol–water partition coefficient (Wildman–Crippen LogP) is 0.153. The van der Waals surface area contributed by atoms with Crippen molar-refractivity contribution < 1.29 is 4.79 Å². The minimum Gasteiger partial charge on any atom is -0.343 e. The molecule has 0 bridgehead atoms. The summed E-state index contributed by atoms with van der Waals surface area (Å²) in [5.41, 5.74) is 0. The van der Waals surface area contributed by atoms with Crippen LogP contribution < -0.4 is 0 Å². The number of carbonyl (C=O) groups is 1. The van der Waals surface area contributed by atoms with E-state index in [2.05, 4.69) is 27.5 Å². The van der Waals surface area contributed by atoms with E-state index in [1.165, 1.54) is 0 Å². The molecule has 1 amide bonds. The minimum atomic E-state index is 0.239. The van der Waals surface area contributed by atoms with Gasteiger partial charge in [0.15, 0.2) is 0 Å². The van der Waals surface area contributed by atoms with Crippen LogP contribution in [0.2, 0.25) is 0 Å². The van der Waals surface area contributed by atoms with Gasteiger partial charge >= 0.3 is 0 Å². The lowest BCUT2D eigenvalue weighted by Gasteiger charge is -2.30. The van der Waals surface area contributed by atoms with Crippen LogP contribution in [-0.2, 0) is 4.79 Å². The first-order chi connectivity index (χ1) is 4.74. The van der Waals surface area contributed by atoms with Gasteiger partial charge in [-0.1, -0.05) is 22.6 Å². The Morgan fingerprint density at radius 3 is 2.80 bits per heavy atom. The molecular formula is C6H11IN2O. The molecule has 1 rings (SSSR count). The third kappa shape index (κ3) is 1.82. The van der Waals surface area contributed by atoms with Crippen LogP contribution in [0.15, 0.2) is 0 Å².